The summed E-state index contributed by atoms with van der Waals surface area (Å²) < 4.78 is 14.1. The third-order valence-corrected chi connectivity index (χ3v) is 9.64. The topological polar surface area (TPSA) is 72.9 Å². The quantitative estimate of drug-likeness (QED) is 0.449. The van der Waals surface area contributed by atoms with Crippen LogP contribution >= 0.6 is 23.2 Å². The van der Waals surface area contributed by atoms with Crippen molar-refractivity contribution in [2.75, 3.05) is 32.7 Å². The van der Waals surface area contributed by atoms with Crippen molar-refractivity contribution in [1.82, 2.24) is 15.1 Å². The highest BCUT2D eigenvalue weighted by Crippen LogP contribution is 2.41. The maximum Gasteiger partial charge on any atom is 0.304 e. The summed E-state index contributed by atoms with van der Waals surface area (Å²) in [5.74, 6) is -0.711. The summed E-state index contributed by atoms with van der Waals surface area (Å²) in [5, 5.41) is 14.1. The van der Waals surface area contributed by atoms with E-state index in [2.05, 4.69) is 15.1 Å². The predicted octanol–water partition coefficient (Wildman–Crippen LogP) is 5.41. The van der Waals surface area contributed by atoms with Gasteiger partial charge in [-0.05, 0) is 69.4 Å². The first kappa shape index (κ1) is 28.6. The second-order valence-corrected chi connectivity index (χ2v) is 12.7. The van der Waals surface area contributed by atoms with Gasteiger partial charge in [0.2, 0.25) is 5.91 Å². The summed E-state index contributed by atoms with van der Waals surface area (Å²) in [7, 11) is 0. The molecule has 2 N–H and O–H groups in total. The molecule has 1 aliphatic carbocycles. The monoisotopic (exact) mass is 555 g/mol. The fourth-order valence-electron chi connectivity index (χ4n) is 6.50. The lowest BCUT2D eigenvalue weighted by Gasteiger charge is -2.39. The number of carbonyl (C=O) groups excluding carboxylic acids is 1. The number of carboxylic acids is 1. The SMILES string of the molecule is C[C@H]1CN(Cc2c(Cl)cccc2Cl)C[C@@]1(CC(=O)O)C(=O)NC1CCN(CC2CCC(C)(F)CC2)CC1. The van der Waals surface area contributed by atoms with Crippen LogP contribution in [0.2, 0.25) is 10.0 Å². The van der Waals surface area contributed by atoms with Crippen LogP contribution in [-0.4, -0.2) is 71.2 Å². The first-order valence-corrected chi connectivity index (χ1v) is 14.3. The molecule has 3 aliphatic rings. The van der Waals surface area contributed by atoms with Gasteiger partial charge in [0.15, 0.2) is 0 Å². The fourth-order valence-corrected chi connectivity index (χ4v) is 7.02. The Hall–Kier alpha value is -1.41. The van der Waals surface area contributed by atoms with Gasteiger partial charge in [0.05, 0.1) is 11.8 Å². The number of aliphatic carboxylic acids is 1. The van der Waals surface area contributed by atoms with E-state index in [0.29, 0.717) is 48.4 Å². The van der Waals surface area contributed by atoms with Crippen LogP contribution in [-0.2, 0) is 16.1 Å². The molecule has 0 spiro atoms. The van der Waals surface area contributed by atoms with Crippen LogP contribution in [0.4, 0.5) is 4.39 Å². The van der Waals surface area contributed by atoms with E-state index in [1.807, 2.05) is 6.92 Å². The van der Waals surface area contributed by atoms with Gasteiger partial charge in [0.25, 0.3) is 0 Å². The van der Waals surface area contributed by atoms with Crippen LogP contribution < -0.4 is 5.32 Å². The molecular formula is C28H40Cl2FN3O3. The highest BCUT2D eigenvalue weighted by molar-refractivity contribution is 6.35. The third-order valence-electron chi connectivity index (χ3n) is 8.93. The van der Waals surface area contributed by atoms with Crippen molar-refractivity contribution in [1.29, 1.82) is 0 Å². The minimum Gasteiger partial charge on any atom is -0.481 e. The number of carboxylic acid groups (broad SMARTS) is 1. The lowest BCUT2D eigenvalue weighted by Crippen LogP contribution is -2.53. The Kier molecular flexibility index (Phi) is 9.09. The molecule has 9 heteroatoms. The zero-order chi connectivity index (χ0) is 26.8. The van der Waals surface area contributed by atoms with Gasteiger partial charge in [-0.3, -0.25) is 14.5 Å². The van der Waals surface area contributed by atoms with Crippen molar-refractivity contribution < 1.29 is 19.1 Å². The largest absolute Gasteiger partial charge is 0.481 e. The molecule has 1 saturated carbocycles. The molecule has 6 nitrogen and oxygen atoms in total. The smallest absolute Gasteiger partial charge is 0.304 e. The number of rotatable bonds is 8. The third kappa shape index (κ3) is 6.97. The molecule has 4 rings (SSSR count). The van der Waals surface area contributed by atoms with E-state index >= 15 is 0 Å². The number of hydrogen-bond donors (Lipinski definition) is 2. The van der Waals surface area contributed by atoms with E-state index in [9.17, 15) is 19.1 Å². The highest BCUT2D eigenvalue weighted by Gasteiger charge is 2.51. The number of halogens is 3. The maximum absolute atomic E-state index is 14.1. The van der Waals surface area contributed by atoms with Crippen molar-refractivity contribution in [2.45, 2.75) is 77.0 Å². The Bertz CT molecular complexity index is 955. The Morgan fingerprint density at radius 2 is 1.73 bits per heavy atom. The Balaban J connectivity index is 1.34. The number of nitrogens with zero attached hydrogens (tertiary/aromatic N) is 2. The first-order valence-electron chi connectivity index (χ1n) is 13.6. The summed E-state index contributed by atoms with van der Waals surface area (Å²) in [6.07, 6.45) is 4.65. The summed E-state index contributed by atoms with van der Waals surface area (Å²) in [4.78, 5) is 30.1. The second-order valence-electron chi connectivity index (χ2n) is 11.9. The lowest BCUT2D eigenvalue weighted by molar-refractivity contribution is -0.147. The number of amides is 1. The zero-order valence-electron chi connectivity index (χ0n) is 21.9. The van der Waals surface area contributed by atoms with Crippen LogP contribution in [0.3, 0.4) is 0 Å². The lowest BCUT2D eigenvalue weighted by atomic mass is 9.75. The molecule has 1 aromatic rings. The zero-order valence-corrected chi connectivity index (χ0v) is 23.5. The van der Waals surface area contributed by atoms with Crippen molar-refractivity contribution in [3.05, 3.63) is 33.8 Å². The predicted molar refractivity (Wildman–Crippen MR) is 145 cm³/mol. The van der Waals surface area contributed by atoms with Crippen LogP contribution in [0.25, 0.3) is 0 Å². The summed E-state index contributed by atoms with van der Waals surface area (Å²) in [6.45, 7) is 7.88. The van der Waals surface area contributed by atoms with E-state index in [1.54, 1.807) is 25.1 Å². The molecule has 1 aromatic carbocycles. The van der Waals surface area contributed by atoms with Crippen LogP contribution in [0.5, 0.6) is 0 Å². The van der Waals surface area contributed by atoms with Crippen molar-refractivity contribution in [2.24, 2.45) is 17.3 Å². The summed E-state index contributed by atoms with van der Waals surface area (Å²) in [6, 6.07) is 5.41. The molecular weight excluding hydrogens is 516 g/mol. The van der Waals surface area contributed by atoms with Gasteiger partial charge in [0, 0.05) is 60.9 Å². The molecule has 2 saturated heterocycles. The van der Waals surface area contributed by atoms with Gasteiger partial charge >= 0.3 is 5.97 Å². The molecule has 2 atom stereocenters. The molecule has 37 heavy (non-hydrogen) atoms. The van der Waals surface area contributed by atoms with E-state index in [-0.39, 0.29) is 24.3 Å². The maximum atomic E-state index is 14.1. The minimum absolute atomic E-state index is 0.0363. The molecule has 1 amide bonds. The summed E-state index contributed by atoms with van der Waals surface area (Å²) in [5.41, 5.74) is -1.21. The highest BCUT2D eigenvalue weighted by atomic mass is 35.5. The first-order chi connectivity index (χ1) is 17.5. The number of piperidine rings is 1. The van der Waals surface area contributed by atoms with Crippen LogP contribution in [0.15, 0.2) is 18.2 Å². The number of carbonyl (C=O) groups is 2. The van der Waals surface area contributed by atoms with Gasteiger partial charge < -0.3 is 15.3 Å². The number of hydrogen-bond acceptors (Lipinski definition) is 4. The standard InChI is InChI=1S/C28H40Cl2FN3O3/c1-19-15-34(17-22-23(29)4-3-5-24(22)30)18-28(19,14-25(35)36)26(37)32-21-8-12-33(13-9-21)16-20-6-10-27(2,31)11-7-20/h3-5,19-21H,6-18H2,1-2H3,(H,32,37)(H,35,36)/t19-,20?,27?,28+/m0/s1. The van der Waals surface area contributed by atoms with Crippen molar-refractivity contribution in [3.63, 3.8) is 0 Å². The summed E-state index contributed by atoms with van der Waals surface area (Å²) >= 11 is 12.7. The van der Waals surface area contributed by atoms with Crippen molar-refractivity contribution in [3.8, 4) is 0 Å². The number of nitrogens with one attached hydrogen (secondary N) is 1. The number of likely N-dealkylation sites (tertiary alicyclic amines) is 2. The second kappa shape index (κ2) is 11.8. The minimum atomic E-state index is -1.01. The number of benzene rings is 1. The Morgan fingerprint density at radius 3 is 2.32 bits per heavy atom. The average molecular weight is 557 g/mol. The van der Waals surface area contributed by atoms with Gasteiger partial charge in [-0.15, -0.1) is 0 Å². The normalized spacial score (nSPS) is 31.9. The molecule has 3 fully saturated rings. The van der Waals surface area contributed by atoms with E-state index in [4.69, 9.17) is 23.2 Å². The van der Waals surface area contributed by atoms with Crippen molar-refractivity contribution >= 4 is 35.1 Å². The molecule has 2 heterocycles. The molecule has 0 radical (unpaired) electrons. The van der Waals surface area contributed by atoms with E-state index < -0.39 is 17.1 Å². The average Bonchev–Trinajstić information content (AvgIpc) is 3.14. The molecule has 0 aromatic heterocycles. The van der Waals surface area contributed by atoms with Gasteiger partial charge in [-0.25, -0.2) is 4.39 Å². The van der Waals surface area contributed by atoms with Crippen LogP contribution in [0, 0.1) is 17.3 Å². The van der Waals surface area contributed by atoms with Gasteiger partial charge in [-0.2, -0.15) is 0 Å². The van der Waals surface area contributed by atoms with Gasteiger partial charge in [0.1, 0.15) is 5.67 Å². The number of alkyl halides is 1. The van der Waals surface area contributed by atoms with E-state index in [0.717, 1.165) is 50.9 Å². The van der Waals surface area contributed by atoms with E-state index in [1.165, 1.54) is 0 Å². The molecule has 0 unspecified atom stereocenters. The fraction of sp³-hybridized carbons (Fsp3) is 0.714. The Morgan fingerprint density at radius 1 is 1.11 bits per heavy atom. The Labute approximate surface area is 229 Å². The molecule has 2 aliphatic heterocycles. The van der Waals surface area contributed by atoms with Crippen LogP contribution in [0.1, 0.15) is 64.4 Å². The molecule has 0 bridgehead atoms. The van der Waals surface area contributed by atoms with Gasteiger partial charge in [-0.1, -0.05) is 36.2 Å². The molecule has 206 valence electrons.